The number of rotatable bonds is 10. The molecule has 15 aromatic rings. The molecule has 5 heteroatoms. The monoisotopic (exact) mass is 1120 g/mol. The lowest BCUT2D eigenvalue weighted by Crippen LogP contribution is -2.23. The summed E-state index contributed by atoms with van der Waals surface area (Å²) in [5, 5.41) is 4.30. The highest BCUT2D eigenvalue weighted by Crippen LogP contribution is 2.63. The third-order valence-corrected chi connectivity index (χ3v) is 18.6. The van der Waals surface area contributed by atoms with Gasteiger partial charge in [-0.2, -0.15) is 0 Å². The zero-order chi connectivity index (χ0) is 58.1. The summed E-state index contributed by atoms with van der Waals surface area (Å²) in [6.07, 6.45) is 0. The first kappa shape index (κ1) is 50.6. The summed E-state index contributed by atoms with van der Waals surface area (Å²) in [7, 11) is 0. The molecule has 0 radical (unpaired) electrons. The van der Waals surface area contributed by atoms with Crippen molar-refractivity contribution in [2.75, 3.05) is 9.80 Å². The number of nitrogens with zero attached hydrogens (tertiary/aromatic N) is 2. The van der Waals surface area contributed by atoms with E-state index in [4.69, 9.17) is 13.3 Å². The van der Waals surface area contributed by atoms with Gasteiger partial charge in [0.1, 0.15) is 22.7 Å². The van der Waals surface area contributed by atoms with E-state index in [1.165, 1.54) is 22.3 Å². The first-order valence-corrected chi connectivity index (χ1v) is 30.1. The van der Waals surface area contributed by atoms with Crippen LogP contribution in [0.4, 0.5) is 34.1 Å². The van der Waals surface area contributed by atoms with Gasteiger partial charge in [0, 0.05) is 88.3 Å². The van der Waals surface area contributed by atoms with E-state index in [2.05, 4.69) is 317 Å². The molecule has 2 aliphatic carbocycles. The van der Waals surface area contributed by atoms with Crippen LogP contribution < -0.4 is 9.80 Å². The fourth-order valence-electron chi connectivity index (χ4n) is 14.6. The first-order chi connectivity index (χ1) is 42.7. The fraction of sp³-hybridized carbons (Fsp3) is 0.0732. The van der Waals surface area contributed by atoms with Crippen molar-refractivity contribution in [1.82, 2.24) is 0 Å². The van der Waals surface area contributed by atoms with E-state index in [-0.39, 0.29) is 0 Å². The fourth-order valence-corrected chi connectivity index (χ4v) is 14.6. The number of anilines is 6. The van der Waals surface area contributed by atoms with E-state index in [0.717, 1.165) is 145 Å². The van der Waals surface area contributed by atoms with Gasteiger partial charge < -0.3 is 23.1 Å². The third-order valence-electron chi connectivity index (χ3n) is 18.6. The molecule has 0 bridgehead atoms. The van der Waals surface area contributed by atoms with Crippen molar-refractivity contribution in [1.29, 1.82) is 0 Å². The minimum atomic E-state index is -0.448. The van der Waals surface area contributed by atoms with E-state index in [9.17, 15) is 0 Å². The number of hydrogen-bond donors (Lipinski definition) is 0. The van der Waals surface area contributed by atoms with Gasteiger partial charge in [0.05, 0.1) is 22.7 Å². The van der Waals surface area contributed by atoms with E-state index < -0.39 is 10.8 Å². The first-order valence-electron chi connectivity index (χ1n) is 30.1. The summed E-state index contributed by atoms with van der Waals surface area (Å²) >= 11 is 0. The summed E-state index contributed by atoms with van der Waals surface area (Å²) in [5.41, 5.74) is 24.6. The molecular weight excluding hydrogens is 1060 g/mol. The molecule has 5 nitrogen and oxygen atoms in total. The van der Waals surface area contributed by atoms with Gasteiger partial charge in [-0.25, -0.2) is 0 Å². The van der Waals surface area contributed by atoms with Gasteiger partial charge in [-0.05, 0) is 94.0 Å². The zero-order valence-corrected chi connectivity index (χ0v) is 48.7. The average molecular weight is 1120 g/mol. The number of furan rings is 3. The normalized spacial score (nSPS) is 13.5. The molecule has 0 saturated heterocycles. The van der Waals surface area contributed by atoms with Crippen molar-refractivity contribution in [2.24, 2.45) is 0 Å². The van der Waals surface area contributed by atoms with Gasteiger partial charge in [0.25, 0.3) is 0 Å². The largest absolute Gasteiger partial charge is 0.455 e. The summed E-state index contributed by atoms with van der Waals surface area (Å²) in [6.45, 7) is 9.53. The molecule has 0 N–H and O–H groups in total. The van der Waals surface area contributed by atoms with Crippen molar-refractivity contribution in [3.63, 3.8) is 0 Å². The Hall–Kier alpha value is -10.9. The van der Waals surface area contributed by atoms with Crippen molar-refractivity contribution in [3.05, 3.63) is 301 Å². The zero-order valence-electron chi connectivity index (χ0n) is 48.7. The second-order valence-corrected chi connectivity index (χ2v) is 24.3. The lowest BCUT2D eigenvalue weighted by Gasteiger charge is -2.31. The SMILES string of the molecule is CC1(C)c2cc(N(c3ccccc3-c3ccccc3)c3cccc4c3oc3c(-c5ccccc5)cccc34)ccc2-c2oc3c(c21)C(C)(C)c1cc(N(c2ccccc2-c2ccccc2)c2cccc4c2oc2c(-c5ccccc5)cccc24)ccc1-3. The van der Waals surface area contributed by atoms with Crippen LogP contribution in [0.5, 0.6) is 0 Å². The van der Waals surface area contributed by atoms with Crippen molar-refractivity contribution in [3.8, 4) is 67.2 Å². The molecule has 0 spiro atoms. The number of para-hydroxylation sites is 6. The smallest absolute Gasteiger partial charge is 0.159 e. The summed E-state index contributed by atoms with van der Waals surface area (Å²) in [6, 6.07) is 100. The Morgan fingerprint density at radius 2 is 0.563 bits per heavy atom. The molecule has 87 heavy (non-hydrogen) atoms. The third kappa shape index (κ3) is 7.65. The van der Waals surface area contributed by atoms with Crippen molar-refractivity contribution in [2.45, 2.75) is 38.5 Å². The maximum absolute atomic E-state index is 7.41. The Kier molecular flexibility index (Phi) is 11.2. The molecule has 0 fully saturated rings. The highest BCUT2D eigenvalue weighted by Gasteiger charge is 2.50. The maximum Gasteiger partial charge on any atom is 0.159 e. The van der Waals surface area contributed by atoms with Crippen LogP contribution in [0.3, 0.4) is 0 Å². The van der Waals surface area contributed by atoms with Gasteiger partial charge in [0.2, 0.25) is 0 Å². The minimum Gasteiger partial charge on any atom is -0.455 e. The van der Waals surface area contributed by atoms with Crippen LogP contribution in [0.25, 0.3) is 111 Å². The number of hydrogen-bond acceptors (Lipinski definition) is 5. The molecule has 0 amide bonds. The Labute approximate surface area is 505 Å². The topological polar surface area (TPSA) is 45.9 Å². The quantitative estimate of drug-likeness (QED) is 0.137. The molecule has 3 heterocycles. The molecule has 0 unspecified atom stereocenters. The molecule has 0 saturated carbocycles. The summed E-state index contributed by atoms with van der Waals surface area (Å²) in [4.78, 5) is 4.82. The Morgan fingerprint density at radius 1 is 0.253 bits per heavy atom. The Morgan fingerprint density at radius 3 is 0.954 bits per heavy atom. The highest BCUT2D eigenvalue weighted by molar-refractivity contribution is 6.15. The molecule has 0 atom stereocenters. The van der Waals surface area contributed by atoms with Crippen LogP contribution in [-0.4, -0.2) is 0 Å². The van der Waals surface area contributed by atoms with Gasteiger partial charge in [-0.15, -0.1) is 0 Å². The van der Waals surface area contributed by atoms with Crippen LogP contribution in [0, 0.1) is 0 Å². The van der Waals surface area contributed by atoms with Crippen LogP contribution in [0.1, 0.15) is 49.9 Å². The van der Waals surface area contributed by atoms with Crippen LogP contribution in [0.2, 0.25) is 0 Å². The van der Waals surface area contributed by atoms with Crippen molar-refractivity contribution >= 4 is 78.0 Å². The standard InChI is InChI=1S/C82H58N2O3/c1-81(2)67-49-55(83(69-41-19-17-33-57(69)51-25-9-5-10-26-51)71-43-23-39-63-61-37-21-35-59(75(61)85-77(63)71)53-29-13-7-14-30-53)45-47-65(67)79-73(81)74-80(87-79)66-48-46-56(50-68(66)82(74,3)4)84(70-42-20-18-34-58(70)52-27-11-6-12-28-52)72-44-24-40-64-62-38-22-36-60(76(62)86-78(64)72)54-31-15-8-16-32-54/h5-50H,1-4H3. The Bertz CT molecular complexity index is 4900. The molecular formula is C82H58N2O3. The minimum absolute atomic E-state index is 0.448. The highest BCUT2D eigenvalue weighted by atomic mass is 16.3. The van der Waals surface area contributed by atoms with E-state index in [0.29, 0.717) is 0 Å². The molecule has 3 aromatic heterocycles. The predicted molar refractivity (Wildman–Crippen MR) is 360 cm³/mol. The van der Waals surface area contributed by atoms with E-state index >= 15 is 0 Å². The lowest BCUT2D eigenvalue weighted by molar-refractivity contribution is 0.592. The summed E-state index contributed by atoms with van der Waals surface area (Å²) in [5.74, 6) is 1.89. The van der Waals surface area contributed by atoms with Crippen molar-refractivity contribution < 1.29 is 13.3 Å². The lowest BCUT2D eigenvalue weighted by atomic mass is 9.74. The van der Waals surface area contributed by atoms with Crippen LogP contribution >= 0.6 is 0 Å². The van der Waals surface area contributed by atoms with E-state index in [1.807, 2.05) is 0 Å². The molecule has 12 aromatic carbocycles. The van der Waals surface area contributed by atoms with E-state index in [1.54, 1.807) is 0 Å². The van der Waals surface area contributed by atoms with Gasteiger partial charge >= 0.3 is 0 Å². The number of fused-ring (bicyclic) bond motifs is 13. The number of benzene rings is 12. The van der Waals surface area contributed by atoms with Crippen LogP contribution in [0.15, 0.2) is 292 Å². The predicted octanol–water partition coefficient (Wildman–Crippen LogP) is 23.3. The second kappa shape index (κ2) is 19.3. The summed E-state index contributed by atoms with van der Waals surface area (Å²) < 4.78 is 21.8. The average Bonchev–Trinajstić information content (AvgIpc) is 1.62. The molecule has 17 rings (SSSR count). The van der Waals surface area contributed by atoms with Gasteiger partial charge in [-0.1, -0.05) is 246 Å². The molecule has 414 valence electrons. The van der Waals surface area contributed by atoms with Gasteiger partial charge in [0.15, 0.2) is 11.2 Å². The molecule has 2 aliphatic rings. The van der Waals surface area contributed by atoms with Crippen LogP contribution in [-0.2, 0) is 10.8 Å². The Balaban J connectivity index is 0.810. The van der Waals surface area contributed by atoms with Gasteiger partial charge in [-0.3, -0.25) is 0 Å². The molecule has 0 aliphatic heterocycles. The second-order valence-electron chi connectivity index (χ2n) is 24.3. The maximum atomic E-state index is 7.41.